The highest BCUT2D eigenvalue weighted by molar-refractivity contribution is 6.39. The Morgan fingerprint density at radius 1 is 1.03 bits per heavy atom. The maximum absolute atomic E-state index is 13.2. The first-order chi connectivity index (χ1) is 16.6. The van der Waals surface area contributed by atoms with Gasteiger partial charge in [0.25, 0.3) is 0 Å². The van der Waals surface area contributed by atoms with E-state index < -0.39 is 40.8 Å². The fourth-order valence-electron chi connectivity index (χ4n) is 4.05. The van der Waals surface area contributed by atoms with Crippen molar-refractivity contribution in [2.75, 3.05) is 0 Å². The van der Waals surface area contributed by atoms with Crippen LogP contribution in [0.5, 0.6) is 0 Å². The molecule has 1 N–H and O–H groups in total. The third-order valence-electron chi connectivity index (χ3n) is 5.74. The molecule has 0 saturated heterocycles. The van der Waals surface area contributed by atoms with Crippen LogP contribution in [0, 0.1) is 6.92 Å². The van der Waals surface area contributed by atoms with Crippen molar-refractivity contribution in [1.82, 2.24) is 19.5 Å². The molecule has 0 saturated carbocycles. The van der Waals surface area contributed by atoms with Gasteiger partial charge in [0.05, 0.1) is 35.2 Å². The molecule has 0 spiro atoms. The summed E-state index contributed by atoms with van der Waals surface area (Å²) in [6.45, 7) is 1.38. The molecule has 0 aliphatic rings. The number of aromatic nitrogens is 4. The van der Waals surface area contributed by atoms with Crippen molar-refractivity contribution < 1.29 is 31.4 Å². The van der Waals surface area contributed by atoms with E-state index in [4.69, 9.17) is 23.2 Å². The van der Waals surface area contributed by atoms with E-state index in [9.17, 15) is 31.4 Å². The van der Waals surface area contributed by atoms with Gasteiger partial charge in [-0.05, 0) is 36.2 Å². The van der Waals surface area contributed by atoms with Crippen LogP contribution in [0.3, 0.4) is 0 Å². The van der Waals surface area contributed by atoms with Gasteiger partial charge in [0.15, 0.2) is 5.60 Å². The van der Waals surface area contributed by atoms with Gasteiger partial charge in [0.1, 0.15) is 10.8 Å². The second-order valence-electron chi connectivity index (χ2n) is 8.20. The second kappa shape index (κ2) is 8.89. The monoisotopic (exact) mass is 548 g/mol. The van der Waals surface area contributed by atoms with Gasteiger partial charge in [-0.2, -0.15) is 26.3 Å². The van der Waals surface area contributed by atoms with Crippen molar-refractivity contribution in [1.29, 1.82) is 0 Å². The van der Waals surface area contributed by atoms with Crippen molar-refractivity contribution in [3.05, 3.63) is 86.8 Å². The molecule has 0 amide bonds. The van der Waals surface area contributed by atoms with Crippen LogP contribution in [-0.4, -0.2) is 30.8 Å². The second-order valence-corrected chi connectivity index (χ2v) is 8.94. The smallest absolute Gasteiger partial charge is 0.374 e. The van der Waals surface area contributed by atoms with Gasteiger partial charge in [-0.25, -0.2) is 9.97 Å². The van der Waals surface area contributed by atoms with E-state index in [1.54, 1.807) is 7.05 Å². The highest BCUT2D eigenvalue weighted by atomic mass is 35.5. The Morgan fingerprint density at radius 3 is 2.28 bits per heavy atom. The van der Waals surface area contributed by atoms with Crippen LogP contribution in [0.1, 0.15) is 33.6 Å². The molecule has 1 unspecified atom stereocenters. The summed E-state index contributed by atoms with van der Waals surface area (Å²) in [5.74, 6) is 0. The SMILES string of the molecule is Cc1cc(C(F)(F)F)ncc1C(O)(c1ccc2nc(Cl)c(CC(F)(F)F)c(Cl)c2c1)c1cncn1C. The summed E-state index contributed by atoms with van der Waals surface area (Å²) >= 11 is 12.3. The quantitative estimate of drug-likeness (QED) is 0.237. The standard InChI is InChI=1S/C23H16Cl2F6N4O/c1-11-5-17(23(29,30)31)33-8-15(11)22(36,18-9-32-10-35(18)2)12-3-4-16-13(6-12)19(24)14(20(25)34-16)7-21(26,27)28/h3-6,8-10,36H,7H2,1-2H3. The zero-order valence-electron chi connectivity index (χ0n) is 18.5. The van der Waals surface area contributed by atoms with Crippen LogP contribution in [0.4, 0.5) is 26.3 Å². The molecule has 0 radical (unpaired) electrons. The summed E-state index contributed by atoms with van der Waals surface area (Å²) < 4.78 is 80.4. The van der Waals surface area contributed by atoms with Gasteiger partial charge in [-0.1, -0.05) is 29.3 Å². The summed E-state index contributed by atoms with van der Waals surface area (Å²) in [7, 11) is 1.57. The molecular formula is C23H16Cl2F6N4O. The van der Waals surface area contributed by atoms with Crippen LogP contribution < -0.4 is 0 Å². The van der Waals surface area contributed by atoms with Crippen LogP contribution in [0.25, 0.3) is 10.9 Å². The molecule has 1 aromatic carbocycles. The zero-order chi connectivity index (χ0) is 26.6. The third kappa shape index (κ3) is 4.62. The number of benzene rings is 1. The molecule has 4 rings (SSSR count). The average molecular weight is 549 g/mol. The fourth-order valence-corrected chi connectivity index (χ4v) is 4.66. The van der Waals surface area contributed by atoms with E-state index in [1.165, 1.54) is 42.2 Å². The molecule has 13 heteroatoms. The Kier molecular flexibility index (Phi) is 6.47. The van der Waals surface area contributed by atoms with E-state index in [0.717, 1.165) is 12.3 Å². The molecular weight excluding hydrogens is 533 g/mol. The predicted octanol–water partition coefficient (Wildman–Crippen LogP) is 6.39. The average Bonchev–Trinajstić information content (AvgIpc) is 3.21. The predicted molar refractivity (Wildman–Crippen MR) is 121 cm³/mol. The molecule has 3 aromatic heterocycles. The van der Waals surface area contributed by atoms with E-state index >= 15 is 0 Å². The van der Waals surface area contributed by atoms with Crippen molar-refractivity contribution in [3.63, 3.8) is 0 Å². The summed E-state index contributed by atoms with van der Waals surface area (Å²) in [6.07, 6.45) is -7.14. The molecule has 1 atom stereocenters. The van der Waals surface area contributed by atoms with Crippen molar-refractivity contribution in [2.45, 2.75) is 31.3 Å². The number of nitrogens with zero attached hydrogens (tertiary/aromatic N) is 4. The molecule has 190 valence electrons. The maximum Gasteiger partial charge on any atom is 0.433 e. The topological polar surface area (TPSA) is 63.8 Å². The van der Waals surface area contributed by atoms with Gasteiger partial charge in [-0.3, -0.25) is 4.98 Å². The van der Waals surface area contributed by atoms with Gasteiger partial charge in [-0.15, -0.1) is 0 Å². The summed E-state index contributed by atoms with van der Waals surface area (Å²) in [6, 6.07) is 4.95. The first kappa shape index (κ1) is 26.2. The van der Waals surface area contributed by atoms with Gasteiger partial charge in [0.2, 0.25) is 0 Å². The number of alkyl halides is 6. The van der Waals surface area contributed by atoms with Crippen molar-refractivity contribution in [3.8, 4) is 0 Å². The lowest BCUT2D eigenvalue weighted by atomic mass is 9.81. The summed E-state index contributed by atoms with van der Waals surface area (Å²) in [4.78, 5) is 11.5. The van der Waals surface area contributed by atoms with E-state index in [-0.39, 0.29) is 38.3 Å². The number of hydrogen-bond acceptors (Lipinski definition) is 4. The minimum Gasteiger partial charge on any atom is -0.374 e. The number of hydrogen-bond donors (Lipinski definition) is 1. The van der Waals surface area contributed by atoms with Gasteiger partial charge < -0.3 is 9.67 Å². The highest BCUT2D eigenvalue weighted by Crippen LogP contribution is 2.42. The lowest BCUT2D eigenvalue weighted by Crippen LogP contribution is -2.32. The molecule has 3 heterocycles. The minimum atomic E-state index is -4.70. The maximum atomic E-state index is 13.2. The lowest BCUT2D eigenvalue weighted by Gasteiger charge is -2.31. The number of rotatable bonds is 4. The van der Waals surface area contributed by atoms with E-state index in [0.29, 0.717) is 0 Å². The largest absolute Gasteiger partial charge is 0.433 e. The Hall–Kier alpha value is -2.89. The Morgan fingerprint density at radius 2 is 1.72 bits per heavy atom. The van der Waals surface area contributed by atoms with Gasteiger partial charge in [0, 0.05) is 29.8 Å². The Labute approximate surface area is 210 Å². The first-order valence-corrected chi connectivity index (χ1v) is 11.0. The molecule has 0 aliphatic carbocycles. The molecule has 5 nitrogen and oxygen atoms in total. The Bertz CT molecular complexity index is 1470. The number of pyridine rings is 2. The normalized spacial score (nSPS) is 14.3. The number of imidazole rings is 1. The van der Waals surface area contributed by atoms with Gasteiger partial charge >= 0.3 is 12.4 Å². The van der Waals surface area contributed by atoms with Crippen molar-refractivity contribution >= 4 is 34.1 Å². The number of fused-ring (bicyclic) bond motifs is 1. The molecule has 0 bridgehead atoms. The number of aryl methyl sites for hydroxylation is 2. The fraction of sp³-hybridized carbons (Fsp3) is 0.261. The van der Waals surface area contributed by atoms with Crippen LogP contribution >= 0.6 is 23.2 Å². The number of aliphatic hydroxyl groups is 1. The van der Waals surface area contributed by atoms with Crippen LogP contribution in [0.2, 0.25) is 10.2 Å². The lowest BCUT2D eigenvalue weighted by molar-refractivity contribution is -0.141. The van der Waals surface area contributed by atoms with Crippen LogP contribution in [-0.2, 0) is 25.2 Å². The van der Waals surface area contributed by atoms with E-state index in [2.05, 4.69) is 15.0 Å². The summed E-state index contributed by atoms with van der Waals surface area (Å²) in [5.41, 5.74) is -3.19. The number of halogens is 8. The first-order valence-electron chi connectivity index (χ1n) is 10.2. The van der Waals surface area contributed by atoms with Crippen molar-refractivity contribution in [2.24, 2.45) is 7.05 Å². The minimum absolute atomic E-state index is 0.00649. The van der Waals surface area contributed by atoms with Crippen LogP contribution in [0.15, 0.2) is 43.0 Å². The molecule has 0 aliphatic heterocycles. The summed E-state index contributed by atoms with van der Waals surface area (Å²) in [5, 5.41) is 11.4. The molecule has 36 heavy (non-hydrogen) atoms. The zero-order valence-corrected chi connectivity index (χ0v) is 20.0. The van der Waals surface area contributed by atoms with E-state index in [1.807, 2.05) is 0 Å². The Balaban J connectivity index is 1.99. The molecule has 0 fully saturated rings. The highest BCUT2D eigenvalue weighted by Gasteiger charge is 2.40. The third-order valence-corrected chi connectivity index (χ3v) is 6.48. The molecule has 4 aromatic rings.